The van der Waals surface area contributed by atoms with Gasteiger partial charge in [0.05, 0.1) is 17.7 Å². The zero-order valence-electron chi connectivity index (χ0n) is 10.0. The fraction of sp³-hybridized carbons (Fsp3) is 0.545. The second-order valence-electron chi connectivity index (χ2n) is 4.04. The average molecular weight is 239 g/mol. The highest BCUT2D eigenvalue weighted by Gasteiger charge is 2.11. The van der Waals surface area contributed by atoms with Gasteiger partial charge in [0.1, 0.15) is 0 Å². The van der Waals surface area contributed by atoms with Crippen LogP contribution >= 0.6 is 0 Å². The van der Waals surface area contributed by atoms with Crippen molar-refractivity contribution in [3.05, 3.63) is 18.0 Å². The summed E-state index contributed by atoms with van der Waals surface area (Å²) < 4.78 is 1.56. The molecule has 0 bridgehead atoms. The molecule has 0 aliphatic carbocycles. The predicted octanol–water partition coefficient (Wildman–Crippen LogP) is 0.651. The number of carbonyl (C=O) groups is 2. The fourth-order valence-corrected chi connectivity index (χ4v) is 1.37. The topological polar surface area (TPSA) is 84.2 Å². The van der Waals surface area contributed by atoms with E-state index in [4.69, 9.17) is 5.11 Å². The van der Waals surface area contributed by atoms with Crippen molar-refractivity contribution in [2.24, 2.45) is 13.0 Å². The number of hydrogen-bond acceptors (Lipinski definition) is 3. The van der Waals surface area contributed by atoms with Crippen LogP contribution in [-0.4, -0.2) is 33.3 Å². The van der Waals surface area contributed by atoms with Gasteiger partial charge in [0.15, 0.2) is 0 Å². The Morgan fingerprint density at radius 2 is 2.29 bits per heavy atom. The van der Waals surface area contributed by atoms with Crippen LogP contribution < -0.4 is 5.32 Å². The molecule has 1 rings (SSSR count). The van der Waals surface area contributed by atoms with Gasteiger partial charge in [0.25, 0.3) is 5.91 Å². The van der Waals surface area contributed by atoms with Crippen LogP contribution in [0.15, 0.2) is 12.4 Å². The molecule has 1 aromatic heterocycles. The van der Waals surface area contributed by atoms with Crippen LogP contribution in [0.3, 0.4) is 0 Å². The highest BCUT2D eigenvalue weighted by atomic mass is 16.4. The number of aryl methyl sites for hydroxylation is 1. The molecule has 0 fully saturated rings. The highest BCUT2D eigenvalue weighted by Crippen LogP contribution is 2.04. The maximum absolute atomic E-state index is 11.6. The minimum Gasteiger partial charge on any atom is -0.481 e. The van der Waals surface area contributed by atoms with Crippen molar-refractivity contribution < 1.29 is 14.7 Å². The first-order chi connectivity index (χ1) is 8.00. The van der Waals surface area contributed by atoms with Crippen molar-refractivity contribution in [1.82, 2.24) is 15.1 Å². The van der Waals surface area contributed by atoms with Crippen molar-refractivity contribution >= 4 is 11.9 Å². The standard InChI is InChI=1S/C11H17N3O3/c1-8(11(16)17)4-3-5-12-10(15)9-6-13-14(2)7-9/h6-8H,3-5H2,1-2H3,(H,12,15)(H,16,17). The number of hydrogen-bond donors (Lipinski definition) is 2. The minimum atomic E-state index is -0.802. The maximum Gasteiger partial charge on any atom is 0.306 e. The van der Waals surface area contributed by atoms with Crippen LogP contribution in [0.4, 0.5) is 0 Å². The number of aliphatic carboxylic acids is 1. The number of aromatic nitrogens is 2. The third kappa shape index (κ3) is 4.26. The number of carboxylic acids is 1. The Bertz CT molecular complexity index is 400. The minimum absolute atomic E-state index is 0.180. The molecule has 0 saturated carbocycles. The molecule has 0 aliphatic rings. The summed E-state index contributed by atoms with van der Waals surface area (Å²) in [6.45, 7) is 2.14. The van der Waals surface area contributed by atoms with Crippen molar-refractivity contribution in [2.45, 2.75) is 19.8 Å². The van der Waals surface area contributed by atoms with Gasteiger partial charge < -0.3 is 10.4 Å². The van der Waals surface area contributed by atoms with E-state index in [1.807, 2.05) is 0 Å². The molecule has 6 heteroatoms. The van der Waals surface area contributed by atoms with Gasteiger partial charge in [-0.2, -0.15) is 5.10 Å². The Kier molecular flexibility index (Phi) is 4.68. The molecule has 0 radical (unpaired) electrons. The van der Waals surface area contributed by atoms with Crippen LogP contribution in [0.25, 0.3) is 0 Å². The summed E-state index contributed by atoms with van der Waals surface area (Å²) in [7, 11) is 1.74. The van der Waals surface area contributed by atoms with E-state index in [9.17, 15) is 9.59 Å². The van der Waals surface area contributed by atoms with Gasteiger partial charge in [-0.3, -0.25) is 14.3 Å². The second kappa shape index (κ2) is 6.03. The summed E-state index contributed by atoms with van der Waals surface area (Å²) in [4.78, 5) is 22.1. The summed E-state index contributed by atoms with van der Waals surface area (Å²) in [6.07, 6.45) is 4.34. The molecule has 2 N–H and O–H groups in total. The van der Waals surface area contributed by atoms with Crippen molar-refractivity contribution in [3.8, 4) is 0 Å². The Balaban J connectivity index is 2.23. The lowest BCUT2D eigenvalue weighted by atomic mass is 10.1. The molecule has 1 atom stereocenters. The van der Waals surface area contributed by atoms with E-state index in [0.29, 0.717) is 24.9 Å². The van der Waals surface area contributed by atoms with E-state index in [0.717, 1.165) is 0 Å². The van der Waals surface area contributed by atoms with Gasteiger partial charge >= 0.3 is 5.97 Å². The van der Waals surface area contributed by atoms with Crippen LogP contribution in [0, 0.1) is 5.92 Å². The lowest BCUT2D eigenvalue weighted by molar-refractivity contribution is -0.141. The van der Waals surface area contributed by atoms with Gasteiger partial charge in [-0.05, 0) is 12.8 Å². The number of nitrogens with one attached hydrogen (secondary N) is 1. The quantitative estimate of drug-likeness (QED) is 0.714. The van der Waals surface area contributed by atoms with E-state index in [-0.39, 0.29) is 11.8 Å². The van der Waals surface area contributed by atoms with E-state index in [2.05, 4.69) is 10.4 Å². The fourth-order valence-electron chi connectivity index (χ4n) is 1.37. The summed E-state index contributed by atoms with van der Waals surface area (Å²) in [5.41, 5.74) is 0.513. The van der Waals surface area contributed by atoms with Crippen LogP contribution in [0.5, 0.6) is 0 Å². The molecule has 94 valence electrons. The Hall–Kier alpha value is -1.85. The zero-order valence-corrected chi connectivity index (χ0v) is 10.0. The number of carbonyl (C=O) groups excluding carboxylic acids is 1. The van der Waals surface area contributed by atoms with E-state index in [1.165, 1.54) is 6.20 Å². The molecule has 1 heterocycles. The Morgan fingerprint density at radius 1 is 1.59 bits per heavy atom. The molecule has 0 saturated heterocycles. The third-order valence-corrected chi connectivity index (χ3v) is 2.49. The summed E-state index contributed by atoms with van der Waals surface area (Å²) >= 11 is 0. The lowest BCUT2D eigenvalue weighted by Crippen LogP contribution is -2.24. The monoisotopic (exact) mass is 239 g/mol. The number of carboxylic acid groups (broad SMARTS) is 1. The number of amides is 1. The molecule has 17 heavy (non-hydrogen) atoms. The lowest BCUT2D eigenvalue weighted by Gasteiger charge is -2.06. The summed E-state index contributed by atoms with van der Waals surface area (Å²) in [5, 5.41) is 15.3. The van der Waals surface area contributed by atoms with Crippen molar-refractivity contribution in [3.63, 3.8) is 0 Å². The summed E-state index contributed by atoms with van der Waals surface area (Å²) in [5.74, 6) is -1.35. The van der Waals surface area contributed by atoms with Gasteiger partial charge in [-0.1, -0.05) is 6.92 Å². The smallest absolute Gasteiger partial charge is 0.306 e. The molecule has 0 spiro atoms. The average Bonchev–Trinajstić information content (AvgIpc) is 2.70. The highest BCUT2D eigenvalue weighted by molar-refractivity contribution is 5.93. The molecule has 0 aliphatic heterocycles. The van der Waals surface area contributed by atoms with Crippen molar-refractivity contribution in [1.29, 1.82) is 0 Å². The maximum atomic E-state index is 11.6. The molecule has 1 aromatic rings. The molecule has 1 unspecified atom stereocenters. The SMILES string of the molecule is CC(CCCNC(=O)c1cnn(C)c1)C(=O)O. The summed E-state index contributed by atoms with van der Waals surface area (Å²) in [6, 6.07) is 0. The van der Waals surface area contributed by atoms with E-state index >= 15 is 0 Å². The van der Waals surface area contributed by atoms with Crippen molar-refractivity contribution in [2.75, 3.05) is 6.54 Å². The molecule has 1 amide bonds. The van der Waals surface area contributed by atoms with Gasteiger partial charge in [-0.15, -0.1) is 0 Å². The van der Waals surface area contributed by atoms with Crippen LogP contribution in [0.1, 0.15) is 30.1 Å². The third-order valence-electron chi connectivity index (χ3n) is 2.49. The second-order valence-corrected chi connectivity index (χ2v) is 4.04. The zero-order chi connectivity index (χ0) is 12.8. The molecule has 6 nitrogen and oxygen atoms in total. The van der Waals surface area contributed by atoms with E-state index < -0.39 is 5.97 Å². The largest absolute Gasteiger partial charge is 0.481 e. The van der Waals surface area contributed by atoms with E-state index in [1.54, 1.807) is 24.9 Å². The number of nitrogens with zero attached hydrogens (tertiary/aromatic N) is 2. The van der Waals surface area contributed by atoms with Crippen LogP contribution in [-0.2, 0) is 11.8 Å². The van der Waals surface area contributed by atoms with Crippen LogP contribution in [0.2, 0.25) is 0 Å². The molecular weight excluding hydrogens is 222 g/mol. The van der Waals surface area contributed by atoms with Gasteiger partial charge in [0.2, 0.25) is 0 Å². The number of rotatable bonds is 6. The first kappa shape index (κ1) is 13.2. The normalized spacial score (nSPS) is 12.1. The predicted molar refractivity (Wildman–Crippen MR) is 61.6 cm³/mol. The Labute approximate surface area is 99.6 Å². The first-order valence-corrected chi connectivity index (χ1v) is 5.50. The molecular formula is C11H17N3O3. The Morgan fingerprint density at radius 3 is 2.82 bits per heavy atom. The first-order valence-electron chi connectivity index (χ1n) is 5.50. The van der Waals surface area contributed by atoms with Gasteiger partial charge in [-0.25, -0.2) is 0 Å². The van der Waals surface area contributed by atoms with Gasteiger partial charge in [0, 0.05) is 19.8 Å². The molecule has 0 aromatic carbocycles.